The van der Waals surface area contributed by atoms with Crippen molar-refractivity contribution in [1.29, 1.82) is 0 Å². The van der Waals surface area contributed by atoms with Crippen LogP contribution in [0.4, 0.5) is 10.5 Å². The van der Waals surface area contributed by atoms with E-state index in [4.69, 9.17) is 0 Å². The number of urea groups is 1. The van der Waals surface area contributed by atoms with Crippen molar-refractivity contribution in [3.63, 3.8) is 0 Å². The van der Waals surface area contributed by atoms with Crippen LogP contribution in [0.25, 0.3) is 0 Å². The first-order valence-electron chi connectivity index (χ1n) is 8.11. The minimum absolute atomic E-state index is 0.194. The highest BCUT2D eigenvalue weighted by Gasteiger charge is 2.13. The number of carbonyl (C=O) groups is 1. The van der Waals surface area contributed by atoms with Gasteiger partial charge in [0.05, 0.1) is 6.20 Å². The van der Waals surface area contributed by atoms with Gasteiger partial charge in [-0.15, -0.1) is 0 Å². The van der Waals surface area contributed by atoms with Crippen LogP contribution in [0, 0.1) is 0 Å². The zero-order valence-electron chi connectivity index (χ0n) is 13.9. The Hall–Kier alpha value is -1.99. The number of para-hydroxylation sites is 1. The highest BCUT2D eigenvalue weighted by atomic mass is 32.2. The lowest BCUT2D eigenvalue weighted by Crippen LogP contribution is -2.33. The topological polar surface area (TPSA) is 62.2 Å². The maximum Gasteiger partial charge on any atom is 0.319 e. The molecule has 0 saturated carbocycles. The van der Waals surface area contributed by atoms with Crippen LogP contribution in [0.1, 0.15) is 11.1 Å². The Bertz CT molecular complexity index is 681. The molecule has 6 nitrogen and oxygen atoms in total. The number of anilines is 1. The lowest BCUT2D eigenvalue weighted by atomic mass is 10.1. The molecule has 2 N–H and O–H groups in total. The molecule has 1 saturated heterocycles. The second kappa shape index (κ2) is 8.21. The number of nitrogens with zero attached hydrogens (tertiary/aromatic N) is 3. The van der Waals surface area contributed by atoms with Crippen molar-refractivity contribution >= 4 is 23.5 Å². The summed E-state index contributed by atoms with van der Waals surface area (Å²) in [4.78, 5) is 14.6. The van der Waals surface area contributed by atoms with E-state index in [-0.39, 0.29) is 6.03 Å². The summed E-state index contributed by atoms with van der Waals surface area (Å²) in [5.41, 5.74) is 3.01. The van der Waals surface area contributed by atoms with Crippen molar-refractivity contribution in [3.8, 4) is 0 Å². The lowest BCUT2D eigenvalue weighted by Gasteiger charge is -2.27. The minimum Gasteiger partial charge on any atom is -0.334 e. The summed E-state index contributed by atoms with van der Waals surface area (Å²) in [6.45, 7) is 3.54. The molecule has 7 heteroatoms. The van der Waals surface area contributed by atoms with Gasteiger partial charge in [-0.2, -0.15) is 16.9 Å². The highest BCUT2D eigenvalue weighted by Crippen LogP contribution is 2.19. The molecule has 2 aromatic rings. The van der Waals surface area contributed by atoms with Crippen molar-refractivity contribution in [1.82, 2.24) is 20.0 Å². The quantitative estimate of drug-likeness (QED) is 0.873. The van der Waals surface area contributed by atoms with Crippen molar-refractivity contribution in [2.75, 3.05) is 29.9 Å². The van der Waals surface area contributed by atoms with Crippen LogP contribution in [0.15, 0.2) is 36.7 Å². The maximum absolute atomic E-state index is 12.2. The van der Waals surface area contributed by atoms with E-state index in [9.17, 15) is 4.79 Å². The molecule has 2 amide bonds. The predicted octanol–water partition coefficient (Wildman–Crippen LogP) is 2.29. The third-order valence-electron chi connectivity index (χ3n) is 3.97. The molecule has 24 heavy (non-hydrogen) atoms. The van der Waals surface area contributed by atoms with Crippen LogP contribution in [-0.2, 0) is 20.1 Å². The van der Waals surface area contributed by atoms with Gasteiger partial charge in [-0.1, -0.05) is 18.2 Å². The Morgan fingerprint density at radius 2 is 2.08 bits per heavy atom. The maximum atomic E-state index is 12.2. The van der Waals surface area contributed by atoms with E-state index in [1.807, 2.05) is 43.2 Å². The van der Waals surface area contributed by atoms with E-state index in [0.717, 1.165) is 36.4 Å². The summed E-state index contributed by atoms with van der Waals surface area (Å²) in [5, 5.41) is 9.93. The predicted molar refractivity (Wildman–Crippen MR) is 98.1 cm³/mol. The molecule has 0 radical (unpaired) electrons. The molecule has 0 atom stereocenters. The van der Waals surface area contributed by atoms with Gasteiger partial charge in [0.2, 0.25) is 0 Å². The molecule has 1 aromatic heterocycles. The van der Waals surface area contributed by atoms with Crippen LogP contribution in [0.5, 0.6) is 0 Å². The SMILES string of the molecule is Cn1cc(CNC(=O)Nc2ccccc2CN2CCSCC2)cn1. The number of aryl methyl sites for hydroxylation is 1. The minimum atomic E-state index is -0.194. The van der Waals surface area contributed by atoms with Gasteiger partial charge in [-0.3, -0.25) is 9.58 Å². The molecule has 128 valence electrons. The largest absolute Gasteiger partial charge is 0.334 e. The number of amides is 2. The summed E-state index contributed by atoms with van der Waals surface area (Å²) in [6, 6.07) is 7.82. The molecule has 0 bridgehead atoms. The fraction of sp³-hybridized carbons (Fsp3) is 0.412. The van der Waals surface area contributed by atoms with Gasteiger partial charge >= 0.3 is 6.03 Å². The Labute approximate surface area is 146 Å². The van der Waals surface area contributed by atoms with E-state index in [1.165, 1.54) is 11.5 Å². The third-order valence-corrected chi connectivity index (χ3v) is 4.92. The second-order valence-electron chi connectivity index (χ2n) is 5.88. The summed E-state index contributed by atoms with van der Waals surface area (Å²) >= 11 is 2.00. The molecule has 0 unspecified atom stereocenters. The Balaban J connectivity index is 1.56. The number of thioether (sulfide) groups is 1. The van der Waals surface area contributed by atoms with Gasteiger partial charge in [-0.05, 0) is 11.6 Å². The third kappa shape index (κ3) is 4.75. The van der Waals surface area contributed by atoms with Crippen LogP contribution >= 0.6 is 11.8 Å². The van der Waals surface area contributed by atoms with Gasteiger partial charge in [0.25, 0.3) is 0 Å². The molecule has 3 rings (SSSR count). The Morgan fingerprint density at radius 3 is 2.83 bits per heavy atom. The fourth-order valence-electron chi connectivity index (χ4n) is 2.69. The van der Waals surface area contributed by atoms with E-state index < -0.39 is 0 Å². The van der Waals surface area contributed by atoms with E-state index >= 15 is 0 Å². The highest BCUT2D eigenvalue weighted by molar-refractivity contribution is 7.99. The van der Waals surface area contributed by atoms with E-state index in [2.05, 4.69) is 26.7 Å². The summed E-state index contributed by atoms with van der Waals surface area (Å²) < 4.78 is 1.72. The van der Waals surface area contributed by atoms with Crippen LogP contribution in [0.2, 0.25) is 0 Å². The number of carbonyl (C=O) groups excluding carboxylic acids is 1. The average molecular weight is 345 g/mol. The molecule has 2 heterocycles. The van der Waals surface area contributed by atoms with E-state index in [0.29, 0.717) is 6.54 Å². The zero-order valence-corrected chi connectivity index (χ0v) is 14.7. The number of hydrogen-bond acceptors (Lipinski definition) is 4. The molecular formula is C17H23N5OS. The molecule has 0 spiro atoms. The number of rotatable bonds is 5. The summed E-state index contributed by atoms with van der Waals surface area (Å²) in [5.74, 6) is 2.36. The molecule has 1 fully saturated rings. The number of aromatic nitrogens is 2. The number of nitrogens with one attached hydrogen (secondary N) is 2. The Morgan fingerprint density at radius 1 is 1.29 bits per heavy atom. The molecule has 1 aliphatic rings. The van der Waals surface area contributed by atoms with Gasteiger partial charge in [-0.25, -0.2) is 4.79 Å². The van der Waals surface area contributed by atoms with Crippen molar-refractivity contribution < 1.29 is 4.79 Å². The fourth-order valence-corrected chi connectivity index (χ4v) is 3.67. The van der Waals surface area contributed by atoms with Crippen LogP contribution < -0.4 is 10.6 Å². The molecule has 1 aromatic carbocycles. The summed E-state index contributed by atoms with van der Waals surface area (Å²) in [7, 11) is 1.86. The number of hydrogen-bond donors (Lipinski definition) is 2. The summed E-state index contributed by atoms with van der Waals surface area (Å²) in [6.07, 6.45) is 3.64. The molecule has 1 aliphatic heterocycles. The average Bonchev–Trinajstić information content (AvgIpc) is 3.01. The monoisotopic (exact) mass is 345 g/mol. The van der Waals surface area contributed by atoms with Gasteiger partial charge in [0.1, 0.15) is 0 Å². The van der Waals surface area contributed by atoms with Gasteiger partial charge < -0.3 is 10.6 Å². The first-order chi connectivity index (χ1) is 11.7. The zero-order chi connectivity index (χ0) is 16.8. The van der Waals surface area contributed by atoms with Crippen molar-refractivity contribution in [2.24, 2.45) is 7.05 Å². The molecule has 0 aliphatic carbocycles. The van der Waals surface area contributed by atoms with E-state index in [1.54, 1.807) is 10.9 Å². The standard InChI is InChI=1S/C17H23N5OS/c1-21-12-14(11-19-21)10-18-17(23)20-16-5-3-2-4-15(16)13-22-6-8-24-9-7-22/h2-5,11-12H,6-10,13H2,1H3,(H2,18,20,23). The molecular weight excluding hydrogens is 322 g/mol. The second-order valence-corrected chi connectivity index (χ2v) is 7.10. The Kier molecular flexibility index (Phi) is 5.77. The van der Waals surface area contributed by atoms with Crippen molar-refractivity contribution in [2.45, 2.75) is 13.1 Å². The first-order valence-corrected chi connectivity index (χ1v) is 9.26. The van der Waals surface area contributed by atoms with Crippen molar-refractivity contribution in [3.05, 3.63) is 47.8 Å². The number of benzene rings is 1. The smallest absolute Gasteiger partial charge is 0.319 e. The van der Waals surface area contributed by atoms with Crippen LogP contribution in [-0.4, -0.2) is 45.3 Å². The lowest BCUT2D eigenvalue weighted by molar-refractivity contribution is 0.251. The first kappa shape index (κ1) is 16.9. The van der Waals surface area contributed by atoms with Gasteiger partial charge in [0.15, 0.2) is 0 Å². The van der Waals surface area contributed by atoms with Gasteiger partial charge in [0, 0.05) is 62.2 Å². The van der Waals surface area contributed by atoms with Crippen LogP contribution in [0.3, 0.4) is 0 Å². The normalized spacial score (nSPS) is 15.2.